The Morgan fingerprint density at radius 3 is 2.76 bits per heavy atom. The lowest BCUT2D eigenvalue weighted by atomic mass is 9.88. The molecule has 2 fully saturated rings. The van der Waals surface area contributed by atoms with Crippen molar-refractivity contribution >= 4 is 5.91 Å². The fourth-order valence-corrected chi connectivity index (χ4v) is 5.16. The van der Waals surface area contributed by atoms with Gasteiger partial charge in [-0.15, -0.1) is 0 Å². The number of hydrogen-bond acceptors (Lipinski definition) is 4. The zero-order valence-corrected chi connectivity index (χ0v) is 17.0. The second kappa shape index (κ2) is 8.25. The number of pyridine rings is 1. The smallest absolute Gasteiger partial charge is 0.254 e. The van der Waals surface area contributed by atoms with Gasteiger partial charge in [-0.3, -0.25) is 14.7 Å². The van der Waals surface area contributed by atoms with Gasteiger partial charge in [-0.1, -0.05) is 18.2 Å². The van der Waals surface area contributed by atoms with Crippen molar-refractivity contribution in [2.24, 2.45) is 0 Å². The minimum atomic E-state index is 0.227. The van der Waals surface area contributed by atoms with Gasteiger partial charge in [-0.05, 0) is 80.6 Å². The third-order valence-electron chi connectivity index (χ3n) is 6.84. The molecule has 29 heavy (non-hydrogen) atoms. The topological polar surface area (TPSA) is 48.5 Å². The minimum absolute atomic E-state index is 0.227. The van der Waals surface area contributed by atoms with Crippen molar-refractivity contribution in [1.82, 2.24) is 20.1 Å². The Morgan fingerprint density at radius 1 is 1.10 bits per heavy atom. The predicted octanol–water partition coefficient (Wildman–Crippen LogP) is 3.17. The fourth-order valence-electron chi connectivity index (χ4n) is 5.16. The summed E-state index contributed by atoms with van der Waals surface area (Å²) < 4.78 is 0. The third kappa shape index (κ3) is 3.94. The van der Waals surface area contributed by atoms with Crippen molar-refractivity contribution in [3.63, 3.8) is 0 Å². The molecule has 1 aromatic heterocycles. The number of amides is 1. The number of rotatable bonds is 4. The lowest BCUT2D eigenvalue weighted by molar-refractivity contribution is 0.0674. The van der Waals surface area contributed by atoms with E-state index in [1.165, 1.54) is 24.0 Å². The number of nitrogens with zero attached hydrogens (tertiary/aromatic N) is 3. The van der Waals surface area contributed by atoms with E-state index in [0.717, 1.165) is 63.4 Å². The maximum Gasteiger partial charge on any atom is 0.254 e. The highest BCUT2D eigenvalue weighted by molar-refractivity contribution is 5.98. The molecule has 2 saturated heterocycles. The molecule has 3 aliphatic heterocycles. The molecule has 5 heteroatoms. The van der Waals surface area contributed by atoms with Crippen molar-refractivity contribution in [1.29, 1.82) is 0 Å². The molecule has 5 rings (SSSR count). The van der Waals surface area contributed by atoms with E-state index in [1.807, 2.05) is 12.3 Å². The molecular formula is C24H30N4O. The van der Waals surface area contributed by atoms with Crippen LogP contribution in [0.4, 0.5) is 0 Å². The molecule has 1 N–H and O–H groups in total. The van der Waals surface area contributed by atoms with Crippen LogP contribution in [-0.2, 0) is 13.1 Å². The van der Waals surface area contributed by atoms with Crippen molar-refractivity contribution in [2.75, 3.05) is 26.2 Å². The van der Waals surface area contributed by atoms with Crippen molar-refractivity contribution in [3.05, 3.63) is 65.0 Å². The van der Waals surface area contributed by atoms with Crippen LogP contribution in [0.25, 0.3) is 0 Å². The molecule has 4 heterocycles. The van der Waals surface area contributed by atoms with Gasteiger partial charge in [0.2, 0.25) is 0 Å². The number of hydrogen-bond donors (Lipinski definition) is 1. The number of aromatic nitrogens is 1. The highest BCUT2D eigenvalue weighted by Crippen LogP contribution is 2.33. The third-order valence-corrected chi connectivity index (χ3v) is 6.84. The van der Waals surface area contributed by atoms with Crippen molar-refractivity contribution < 1.29 is 4.79 Å². The number of nitrogens with one attached hydrogen (secondary N) is 1. The van der Waals surface area contributed by atoms with Crippen molar-refractivity contribution in [2.45, 2.75) is 50.7 Å². The Balaban J connectivity index is 1.22. The van der Waals surface area contributed by atoms with E-state index in [-0.39, 0.29) is 5.91 Å². The van der Waals surface area contributed by atoms with Crippen LogP contribution >= 0.6 is 0 Å². The molecule has 152 valence electrons. The molecule has 0 radical (unpaired) electrons. The Hall–Kier alpha value is -2.24. The summed E-state index contributed by atoms with van der Waals surface area (Å²) in [5, 5.41) is 3.44. The van der Waals surface area contributed by atoms with Crippen LogP contribution in [0.15, 0.2) is 42.6 Å². The molecule has 5 nitrogen and oxygen atoms in total. The summed E-state index contributed by atoms with van der Waals surface area (Å²) in [6.45, 7) is 5.95. The second-order valence-electron chi connectivity index (χ2n) is 8.72. The summed E-state index contributed by atoms with van der Waals surface area (Å²) in [6.07, 6.45) is 6.51. The first-order valence-electron chi connectivity index (χ1n) is 11.0. The average molecular weight is 391 g/mol. The van der Waals surface area contributed by atoms with E-state index in [2.05, 4.69) is 50.4 Å². The Morgan fingerprint density at radius 2 is 2.00 bits per heavy atom. The number of likely N-dealkylation sites (tertiary alicyclic amines) is 1. The molecule has 0 spiro atoms. The van der Waals surface area contributed by atoms with Crippen LogP contribution in [0.2, 0.25) is 0 Å². The molecule has 1 atom stereocenters. The zero-order chi connectivity index (χ0) is 19.6. The molecule has 1 amide bonds. The van der Waals surface area contributed by atoms with Gasteiger partial charge in [0.05, 0.1) is 5.69 Å². The van der Waals surface area contributed by atoms with Crippen LogP contribution in [0.5, 0.6) is 0 Å². The quantitative estimate of drug-likeness (QED) is 0.871. The first kappa shape index (κ1) is 18.8. The van der Waals surface area contributed by atoms with Crippen LogP contribution in [0.1, 0.15) is 58.8 Å². The predicted molar refractivity (Wildman–Crippen MR) is 114 cm³/mol. The molecular weight excluding hydrogens is 360 g/mol. The van der Waals surface area contributed by atoms with Gasteiger partial charge in [-0.25, -0.2) is 0 Å². The van der Waals surface area contributed by atoms with Crippen LogP contribution < -0.4 is 5.32 Å². The minimum Gasteiger partial charge on any atom is -0.330 e. The summed E-state index contributed by atoms with van der Waals surface area (Å²) in [5.74, 6) is 0.825. The van der Waals surface area contributed by atoms with Gasteiger partial charge in [0, 0.05) is 37.4 Å². The fraction of sp³-hybridized carbons (Fsp3) is 0.500. The largest absolute Gasteiger partial charge is 0.330 e. The van der Waals surface area contributed by atoms with E-state index in [0.29, 0.717) is 12.0 Å². The van der Waals surface area contributed by atoms with Crippen LogP contribution in [0, 0.1) is 0 Å². The summed E-state index contributed by atoms with van der Waals surface area (Å²) in [7, 11) is 0. The first-order chi connectivity index (χ1) is 14.3. The molecule has 3 aliphatic rings. The summed E-state index contributed by atoms with van der Waals surface area (Å²) in [4.78, 5) is 21.9. The average Bonchev–Trinajstić information content (AvgIpc) is 3.11. The Kier molecular flexibility index (Phi) is 5.34. The zero-order valence-electron chi connectivity index (χ0n) is 17.0. The van der Waals surface area contributed by atoms with E-state index in [9.17, 15) is 4.79 Å². The Labute approximate surface area is 173 Å². The van der Waals surface area contributed by atoms with E-state index < -0.39 is 0 Å². The van der Waals surface area contributed by atoms with Gasteiger partial charge in [-0.2, -0.15) is 0 Å². The molecule has 0 aliphatic carbocycles. The van der Waals surface area contributed by atoms with E-state index in [1.54, 1.807) is 0 Å². The second-order valence-corrected chi connectivity index (χ2v) is 8.72. The van der Waals surface area contributed by atoms with Crippen LogP contribution in [-0.4, -0.2) is 52.9 Å². The lowest BCUT2D eigenvalue weighted by Gasteiger charge is -2.32. The monoisotopic (exact) mass is 390 g/mol. The standard InChI is InChI=1S/C24H30N4O/c29-24-23-7-6-19(14-20(23)16-28(24)22-5-3-10-25-15-22)18-8-12-27(13-9-18)17-21-4-1-2-11-26-21/h1-2,4,6-7,11,14,18,22,25H,3,5,8-10,12-13,15-17H2. The maximum absolute atomic E-state index is 12.9. The van der Waals surface area contributed by atoms with E-state index in [4.69, 9.17) is 0 Å². The summed E-state index contributed by atoms with van der Waals surface area (Å²) in [6, 6.07) is 13.1. The highest BCUT2D eigenvalue weighted by atomic mass is 16.2. The van der Waals surface area contributed by atoms with Crippen LogP contribution in [0.3, 0.4) is 0 Å². The van der Waals surface area contributed by atoms with Gasteiger partial charge in [0.1, 0.15) is 0 Å². The van der Waals surface area contributed by atoms with Gasteiger partial charge >= 0.3 is 0 Å². The number of carbonyl (C=O) groups is 1. The van der Waals surface area contributed by atoms with Gasteiger partial charge < -0.3 is 10.2 Å². The summed E-state index contributed by atoms with van der Waals surface area (Å²) in [5.41, 5.74) is 4.72. The molecule has 2 aromatic rings. The normalized spacial score (nSPS) is 23.4. The molecule has 1 unspecified atom stereocenters. The maximum atomic E-state index is 12.9. The van der Waals surface area contributed by atoms with Gasteiger partial charge in [0.15, 0.2) is 0 Å². The lowest BCUT2D eigenvalue weighted by Crippen LogP contribution is -2.46. The molecule has 0 bridgehead atoms. The molecule has 0 saturated carbocycles. The van der Waals surface area contributed by atoms with Gasteiger partial charge in [0.25, 0.3) is 5.91 Å². The molecule has 1 aromatic carbocycles. The first-order valence-corrected chi connectivity index (χ1v) is 11.0. The number of fused-ring (bicyclic) bond motifs is 1. The number of piperidine rings is 2. The Bertz CT molecular complexity index is 854. The summed E-state index contributed by atoms with van der Waals surface area (Å²) >= 11 is 0. The highest BCUT2D eigenvalue weighted by Gasteiger charge is 2.34. The number of benzene rings is 1. The van der Waals surface area contributed by atoms with E-state index >= 15 is 0 Å². The SMILES string of the molecule is O=C1c2ccc(C3CCN(Cc4ccccn4)CC3)cc2CN1C1CCCNC1. The number of carbonyl (C=O) groups excluding carboxylic acids is 1. The van der Waals surface area contributed by atoms with Crippen molar-refractivity contribution in [3.8, 4) is 0 Å².